The molecule has 2 heteroatoms. The van der Waals surface area contributed by atoms with E-state index in [2.05, 4.69) is 20.8 Å². The van der Waals surface area contributed by atoms with Crippen molar-refractivity contribution in [2.75, 3.05) is 13.2 Å². The van der Waals surface area contributed by atoms with Gasteiger partial charge in [0.15, 0.2) is 0 Å². The summed E-state index contributed by atoms with van der Waals surface area (Å²) in [5.41, 5.74) is 5.68. The molecule has 0 bridgehead atoms. The highest BCUT2D eigenvalue weighted by molar-refractivity contribution is 4.78. The first-order valence-corrected chi connectivity index (χ1v) is 5.41. The molecule has 13 heavy (non-hydrogen) atoms. The van der Waals surface area contributed by atoms with Crippen molar-refractivity contribution >= 4 is 0 Å². The Kier molecular flexibility index (Phi) is 6.35. The minimum Gasteiger partial charge on any atom is -0.396 e. The van der Waals surface area contributed by atoms with Gasteiger partial charge in [-0.25, -0.2) is 0 Å². The molecule has 80 valence electrons. The summed E-state index contributed by atoms with van der Waals surface area (Å²) in [5, 5.41) is 9.26. The Hall–Kier alpha value is -0.0800. The molecule has 2 nitrogen and oxygen atoms in total. The van der Waals surface area contributed by atoms with Gasteiger partial charge < -0.3 is 10.8 Å². The summed E-state index contributed by atoms with van der Waals surface area (Å²) in [4.78, 5) is 0. The third kappa shape index (κ3) is 4.63. The molecular weight excluding hydrogens is 162 g/mol. The monoisotopic (exact) mass is 187 g/mol. The smallest absolute Gasteiger partial charge is 0.0499 e. The maximum atomic E-state index is 9.26. The first-order valence-electron chi connectivity index (χ1n) is 5.41. The van der Waals surface area contributed by atoms with Crippen LogP contribution >= 0.6 is 0 Å². The second-order valence-electron chi connectivity index (χ2n) is 4.50. The van der Waals surface area contributed by atoms with E-state index in [1.165, 1.54) is 12.8 Å². The van der Waals surface area contributed by atoms with Crippen molar-refractivity contribution in [3.63, 3.8) is 0 Å². The fourth-order valence-corrected chi connectivity index (χ4v) is 1.56. The van der Waals surface area contributed by atoms with Crippen molar-refractivity contribution in [1.82, 2.24) is 0 Å². The maximum Gasteiger partial charge on any atom is 0.0499 e. The van der Waals surface area contributed by atoms with E-state index in [9.17, 15) is 5.11 Å². The quantitative estimate of drug-likeness (QED) is 0.641. The third-order valence-corrected chi connectivity index (χ3v) is 3.01. The van der Waals surface area contributed by atoms with E-state index < -0.39 is 0 Å². The van der Waals surface area contributed by atoms with Crippen molar-refractivity contribution in [3.8, 4) is 0 Å². The topological polar surface area (TPSA) is 46.2 Å². The number of aliphatic hydroxyl groups is 1. The van der Waals surface area contributed by atoms with Gasteiger partial charge in [0, 0.05) is 18.6 Å². The SMILES string of the molecule is CCC(CN)(CO)CCCC(C)C. The normalized spacial score (nSPS) is 16.2. The number of rotatable bonds is 7. The average molecular weight is 187 g/mol. The lowest BCUT2D eigenvalue weighted by Crippen LogP contribution is -2.33. The van der Waals surface area contributed by atoms with Crippen LogP contribution in [0.1, 0.15) is 46.5 Å². The van der Waals surface area contributed by atoms with Gasteiger partial charge >= 0.3 is 0 Å². The number of nitrogens with two attached hydrogens (primary N) is 1. The van der Waals surface area contributed by atoms with Crippen molar-refractivity contribution in [1.29, 1.82) is 0 Å². The lowest BCUT2D eigenvalue weighted by Gasteiger charge is -2.29. The molecular formula is C11H25NO. The minimum atomic E-state index is -0.00507. The number of hydrogen-bond acceptors (Lipinski definition) is 2. The van der Waals surface area contributed by atoms with E-state index in [-0.39, 0.29) is 12.0 Å². The van der Waals surface area contributed by atoms with Crippen LogP contribution in [0.25, 0.3) is 0 Å². The van der Waals surface area contributed by atoms with Crippen molar-refractivity contribution in [2.45, 2.75) is 46.5 Å². The first kappa shape index (κ1) is 12.9. The fraction of sp³-hybridized carbons (Fsp3) is 1.00. The molecule has 0 rings (SSSR count). The van der Waals surface area contributed by atoms with Gasteiger partial charge in [-0.1, -0.05) is 33.6 Å². The minimum absolute atomic E-state index is 0.00507. The Bertz CT molecular complexity index is 111. The molecule has 0 aromatic rings. The van der Waals surface area contributed by atoms with Gasteiger partial charge in [-0.2, -0.15) is 0 Å². The molecule has 0 spiro atoms. The first-order chi connectivity index (χ1) is 6.10. The van der Waals surface area contributed by atoms with E-state index >= 15 is 0 Å². The zero-order chi connectivity index (χ0) is 10.3. The third-order valence-electron chi connectivity index (χ3n) is 3.01. The summed E-state index contributed by atoms with van der Waals surface area (Å²) in [6.45, 7) is 7.42. The molecule has 0 aromatic carbocycles. The van der Waals surface area contributed by atoms with Crippen LogP contribution in [-0.2, 0) is 0 Å². The van der Waals surface area contributed by atoms with Gasteiger partial charge in [0.05, 0.1) is 0 Å². The summed E-state index contributed by atoms with van der Waals surface area (Å²) in [6, 6.07) is 0. The summed E-state index contributed by atoms with van der Waals surface area (Å²) in [7, 11) is 0. The molecule has 0 heterocycles. The van der Waals surface area contributed by atoms with Gasteiger partial charge in [-0.15, -0.1) is 0 Å². The molecule has 1 unspecified atom stereocenters. The van der Waals surface area contributed by atoms with Gasteiger partial charge in [-0.05, 0) is 18.8 Å². The van der Waals surface area contributed by atoms with Gasteiger partial charge in [0.1, 0.15) is 0 Å². The average Bonchev–Trinajstić information content (AvgIpc) is 2.13. The Labute approximate surface area is 82.5 Å². The summed E-state index contributed by atoms with van der Waals surface area (Å²) < 4.78 is 0. The van der Waals surface area contributed by atoms with Gasteiger partial charge in [0.2, 0.25) is 0 Å². The van der Waals surface area contributed by atoms with E-state index in [0.29, 0.717) is 6.54 Å². The Balaban J connectivity index is 3.81. The molecule has 0 aromatic heterocycles. The Morgan fingerprint density at radius 2 is 2.00 bits per heavy atom. The highest BCUT2D eigenvalue weighted by atomic mass is 16.3. The summed E-state index contributed by atoms with van der Waals surface area (Å²) in [5.74, 6) is 0.756. The molecule has 3 N–H and O–H groups in total. The Morgan fingerprint density at radius 1 is 1.38 bits per heavy atom. The van der Waals surface area contributed by atoms with Gasteiger partial charge in [0.25, 0.3) is 0 Å². The van der Waals surface area contributed by atoms with E-state index in [1.807, 2.05) is 0 Å². The van der Waals surface area contributed by atoms with E-state index in [0.717, 1.165) is 18.8 Å². The van der Waals surface area contributed by atoms with Crippen LogP contribution in [0.5, 0.6) is 0 Å². The van der Waals surface area contributed by atoms with Crippen molar-refractivity contribution in [2.24, 2.45) is 17.1 Å². The zero-order valence-electron chi connectivity index (χ0n) is 9.34. The molecule has 0 radical (unpaired) electrons. The van der Waals surface area contributed by atoms with Crippen molar-refractivity contribution in [3.05, 3.63) is 0 Å². The van der Waals surface area contributed by atoms with E-state index in [4.69, 9.17) is 5.73 Å². The molecule has 0 saturated heterocycles. The largest absolute Gasteiger partial charge is 0.396 e. The number of aliphatic hydroxyl groups excluding tert-OH is 1. The summed E-state index contributed by atoms with van der Waals surface area (Å²) >= 11 is 0. The molecule has 0 aliphatic rings. The fourth-order valence-electron chi connectivity index (χ4n) is 1.56. The molecule has 0 saturated carbocycles. The molecule has 0 fully saturated rings. The Morgan fingerprint density at radius 3 is 2.31 bits per heavy atom. The predicted molar refractivity (Wildman–Crippen MR) is 57.6 cm³/mol. The second-order valence-corrected chi connectivity index (χ2v) is 4.50. The van der Waals surface area contributed by atoms with Crippen LogP contribution in [0.2, 0.25) is 0 Å². The lowest BCUT2D eigenvalue weighted by molar-refractivity contribution is 0.113. The van der Waals surface area contributed by atoms with Crippen LogP contribution in [0.15, 0.2) is 0 Å². The molecule has 1 atom stereocenters. The molecule has 0 aliphatic heterocycles. The van der Waals surface area contributed by atoms with E-state index in [1.54, 1.807) is 0 Å². The molecule has 0 amide bonds. The van der Waals surface area contributed by atoms with Crippen LogP contribution in [0, 0.1) is 11.3 Å². The predicted octanol–water partition coefficient (Wildman–Crippen LogP) is 2.16. The highest BCUT2D eigenvalue weighted by Crippen LogP contribution is 2.27. The standard InChI is InChI=1S/C11H25NO/c1-4-11(8-12,9-13)7-5-6-10(2)3/h10,13H,4-9,12H2,1-3H3. The van der Waals surface area contributed by atoms with Crippen LogP contribution in [0.3, 0.4) is 0 Å². The second kappa shape index (κ2) is 6.39. The van der Waals surface area contributed by atoms with Gasteiger partial charge in [-0.3, -0.25) is 0 Å². The summed E-state index contributed by atoms with van der Waals surface area (Å²) in [6.07, 6.45) is 4.47. The van der Waals surface area contributed by atoms with Crippen LogP contribution in [0.4, 0.5) is 0 Å². The highest BCUT2D eigenvalue weighted by Gasteiger charge is 2.24. The van der Waals surface area contributed by atoms with Crippen LogP contribution in [-0.4, -0.2) is 18.3 Å². The zero-order valence-corrected chi connectivity index (χ0v) is 9.34. The number of hydrogen-bond donors (Lipinski definition) is 2. The maximum absolute atomic E-state index is 9.26. The molecule has 0 aliphatic carbocycles. The lowest BCUT2D eigenvalue weighted by atomic mass is 9.80. The van der Waals surface area contributed by atoms with Crippen LogP contribution < -0.4 is 5.73 Å². The van der Waals surface area contributed by atoms with Crippen molar-refractivity contribution < 1.29 is 5.11 Å².